The maximum absolute atomic E-state index is 12.9. The maximum atomic E-state index is 12.9. The molecule has 5 rings (SSSR count). The molecule has 0 bridgehead atoms. The normalized spacial score (nSPS) is 12.9. The largest absolute Gasteiger partial charge is 0.490 e. The SMILES string of the molecule is Cc1ccnc(Nc2cc(Nc3ccc(NS(=O)(=O)c4ccc5c(c4)OCCCO5)cc3)nc(C)n2)c1. The van der Waals surface area contributed by atoms with Gasteiger partial charge in [0.25, 0.3) is 10.0 Å². The second-order valence-corrected chi connectivity index (χ2v) is 10.2. The van der Waals surface area contributed by atoms with Crippen molar-refractivity contribution in [3.63, 3.8) is 0 Å². The number of hydrogen-bond acceptors (Lipinski definition) is 9. The fraction of sp³-hybridized carbons (Fsp3) is 0.192. The highest BCUT2D eigenvalue weighted by atomic mass is 32.2. The Morgan fingerprint density at radius 2 is 1.46 bits per heavy atom. The average molecular weight is 519 g/mol. The van der Waals surface area contributed by atoms with Gasteiger partial charge in [0.1, 0.15) is 23.3 Å². The Morgan fingerprint density at radius 3 is 2.22 bits per heavy atom. The first-order valence-electron chi connectivity index (χ1n) is 11.7. The summed E-state index contributed by atoms with van der Waals surface area (Å²) in [4.78, 5) is 13.3. The fourth-order valence-corrected chi connectivity index (χ4v) is 4.80. The van der Waals surface area contributed by atoms with Crippen LogP contribution in [0.2, 0.25) is 0 Å². The zero-order chi connectivity index (χ0) is 25.8. The molecule has 2 aromatic heterocycles. The van der Waals surface area contributed by atoms with Gasteiger partial charge in [0.15, 0.2) is 11.5 Å². The molecule has 11 heteroatoms. The van der Waals surface area contributed by atoms with Crippen molar-refractivity contribution in [2.45, 2.75) is 25.2 Å². The van der Waals surface area contributed by atoms with E-state index in [-0.39, 0.29) is 4.90 Å². The van der Waals surface area contributed by atoms with Gasteiger partial charge in [-0.15, -0.1) is 0 Å². The van der Waals surface area contributed by atoms with Crippen LogP contribution in [0, 0.1) is 13.8 Å². The quantitative estimate of drug-likeness (QED) is 0.312. The molecule has 37 heavy (non-hydrogen) atoms. The van der Waals surface area contributed by atoms with Crippen LogP contribution in [0.4, 0.5) is 28.8 Å². The van der Waals surface area contributed by atoms with Crippen molar-refractivity contribution < 1.29 is 17.9 Å². The summed E-state index contributed by atoms with van der Waals surface area (Å²) in [5, 5.41) is 6.41. The van der Waals surface area contributed by atoms with E-state index >= 15 is 0 Å². The number of benzene rings is 2. The van der Waals surface area contributed by atoms with Crippen LogP contribution in [-0.4, -0.2) is 36.6 Å². The number of aromatic nitrogens is 3. The predicted molar refractivity (Wildman–Crippen MR) is 142 cm³/mol. The lowest BCUT2D eigenvalue weighted by Crippen LogP contribution is -2.13. The van der Waals surface area contributed by atoms with Gasteiger partial charge < -0.3 is 20.1 Å². The molecule has 190 valence electrons. The summed E-state index contributed by atoms with van der Waals surface area (Å²) in [6, 6.07) is 17.1. The van der Waals surface area contributed by atoms with Crippen LogP contribution in [0.25, 0.3) is 0 Å². The molecule has 4 aromatic rings. The lowest BCUT2D eigenvalue weighted by Gasteiger charge is -2.13. The molecule has 3 N–H and O–H groups in total. The van der Waals surface area contributed by atoms with Gasteiger partial charge in [0.2, 0.25) is 0 Å². The minimum Gasteiger partial charge on any atom is -0.490 e. The van der Waals surface area contributed by atoms with Gasteiger partial charge >= 0.3 is 0 Å². The van der Waals surface area contributed by atoms with E-state index in [9.17, 15) is 8.42 Å². The van der Waals surface area contributed by atoms with Gasteiger partial charge in [-0.3, -0.25) is 4.72 Å². The zero-order valence-corrected chi connectivity index (χ0v) is 21.2. The van der Waals surface area contributed by atoms with Crippen molar-refractivity contribution in [2.24, 2.45) is 0 Å². The summed E-state index contributed by atoms with van der Waals surface area (Å²) in [5.41, 5.74) is 2.24. The van der Waals surface area contributed by atoms with Crippen LogP contribution in [0.3, 0.4) is 0 Å². The van der Waals surface area contributed by atoms with E-state index in [0.29, 0.717) is 53.7 Å². The third-order valence-corrected chi connectivity index (χ3v) is 6.83. The Bertz CT molecular complexity index is 1530. The molecule has 0 aliphatic carbocycles. The molecule has 2 aromatic carbocycles. The third-order valence-electron chi connectivity index (χ3n) is 5.45. The minimum absolute atomic E-state index is 0.0959. The number of ether oxygens (including phenoxy) is 2. The molecular weight excluding hydrogens is 492 g/mol. The monoisotopic (exact) mass is 518 g/mol. The molecule has 0 radical (unpaired) electrons. The zero-order valence-electron chi connectivity index (χ0n) is 20.4. The lowest BCUT2D eigenvalue weighted by molar-refractivity contribution is 0.297. The van der Waals surface area contributed by atoms with Gasteiger partial charge in [-0.05, 0) is 67.9 Å². The van der Waals surface area contributed by atoms with Crippen LogP contribution in [0.1, 0.15) is 17.8 Å². The van der Waals surface area contributed by atoms with Gasteiger partial charge in [0, 0.05) is 36.1 Å². The smallest absolute Gasteiger partial charge is 0.262 e. The predicted octanol–water partition coefficient (Wildman–Crippen LogP) is 4.94. The standard InChI is InChI=1S/C26H26N6O4S/c1-17-10-11-27-24(14-17)31-26-16-25(28-18(2)29-26)30-19-4-6-20(7-5-19)32-37(33,34)21-8-9-22-23(15-21)36-13-3-12-35-22/h4-11,14-16,32H,3,12-13H2,1-2H3,(H2,27,28,29,30,31). The molecule has 0 saturated heterocycles. The highest BCUT2D eigenvalue weighted by Crippen LogP contribution is 2.32. The van der Waals surface area contributed by atoms with Crippen molar-refractivity contribution in [3.05, 3.63) is 78.2 Å². The molecule has 0 amide bonds. The van der Waals surface area contributed by atoms with Crippen molar-refractivity contribution >= 4 is 38.9 Å². The van der Waals surface area contributed by atoms with Crippen molar-refractivity contribution in [1.82, 2.24) is 15.0 Å². The van der Waals surface area contributed by atoms with Crippen molar-refractivity contribution in [2.75, 3.05) is 28.6 Å². The van der Waals surface area contributed by atoms with Crippen LogP contribution in [0.5, 0.6) is 11.5 Å². The Morgan fingerprint density at radius 1 is 0.757 bits per heavy atom. The fourth-order valence-electron chi connectivity index (χ4n) is 3.73. The number of fused-ring (bicyclic) bond motifs is 1. The molecule has 0 spiro atoms. The first-order valence-corrected chi connectivity index (χ1v) is 13.2. The first kappa shape index (κ1) is 24.3. The first-order chi connectivity index (χ1) is 17.8. The maximum Gasteiger partial charge on any atom is 0.262 e. The Kier molecular flexibility index (Phi) is 6.78. The second-order valence-electron chi connectivity index (χ2n) is 8.50. The van der Waals surface area contributed by atoms with Crippen molar-refractivity contribution in [3.8, 4) is 11.5 Å². The summed E-state index contributed by atoms with van der Waals surface area (Å²) < 4.78 is 39.7. The number of anilines is 5. The van der Waals surface area contributed by atoms with Gasteiger partial charge in [-0.25, -0.2) is 23.4 Å². The molecule has 0 fully saturated rings. The molecule has 1 aliphatic rings. The minimum atomic E-state index is -3.82. The Labute approximate surface area is 215 Å². The molecule has 3 heterocycles. The summed E-state index contributed by atoms with van der Waals surface area (Å²) in [7, 11) is -3.82. The topological polar surface area (TPSA) is 127 Å². The summed E-state index contributed by atoms with van der Waals surface area (Å²) >= 11 is 0. The van der Waals surface area contributed by atoms with E-state index in [1.807, 2.05) is 19.1 Å². The highest BCUT2D eigenvalue weighted by molar-refractivity contribution is 7.92. The van der Waals surface area contributed by atoms with Crippen LogP contribution in [-0.2, 0) is 10.0 Å². The molecular formula is C26H26N6O4S. The second kappa shape index (κ2) is 10.3. The van der Waals surface area contributed by atoms with Crippen LogP contribution in [0.15, 0.2) is 71.8 Å². The summed E-state index contributed by atoms with van der Waals surface area (Å²) in [5.74, 6) is 3.43. The van der Waals surface area contributed by atoms with Gasteiger partial charge in [0.05, 0.1) is 18.1 Å². The van der Waals surface area contributed by atoms with E-state index in [4.69, 9.17) is 9.47 Å². The number of nitrogens with zero attached hydrogens (tertiary/aromatic N) is 3. The van der Waals surface area contributed by atoms with Crippen LogP contribution < -0.4 is 24.8 Å². The van der Waals surface area contributed by atoms with E-state index in [1.165, 1.54) is 12.1 Å². The van der Waals surface area contributed by atoms with Crippen molar-refractivity contribution in [1.29, 1.82) is 0 Å². The van der Waals surface area contributed by atoms with E-state index in [2.05, 4.69) is 30.3 Å². The van der Waals surface area contributed by atoms with E-state index in [0.717, 1.165) is 17.7 Å². The van der Waals surface area contributed by atoms with Crippen LogP contribution >= 0.6 is 0 Å². The Balaban J connectivity index is 1.28. The third kappa shape index (κ3) is 6.07. The lowest BCUT2D eigenvalue weighted by atomic mass is 10.3. The number of aryl methyl sites for hydroxylation is 2. The number of hydrogen-bond donors (Lipinski definition) is 3. The Hall–Kier alpha value is -4.38. The van der Waals surface area contributed by atoms with Gasteiger partial charge in [-0.1, -0.05) is 0 Å². The van der Waals surface area contributed by atoms with E-state index in [1.54, 1.807) is 49.5 Å². The number of pyridine rings is 1. The molecule has 0 unspecified atom stereocenters. The van der Waals surface area contributed by atoms with Gasteiger partial charge in [-0.2, -0.15) is 0 Å². The summed E-state index contributed by atoms with van der Waals surface area (Å²) in [6.07, 6.45) is 2.47. The van der Waals surface area contributed by atoms with E-state index < -0.39 is 10.0 Å². The number of rotatable bonds is 7. The highest BCUT2D eigenvalue weighted by Gasteiger charge is 2.19. The molecule has 0 atom stereocenters. The molecule has 10 nitrogen and oxygen atoms in total. The average Bonchev–Trinajstić information content (AvgIpc) is 3.10. The molecule has 0 saturated carbocycles. The number of sulfonamides is 1. The molecule has 1 aliphatic heterocycles. The summed E-state index contributed by atoms with van der Waals surface area (Å²) in [6.45, 7) is 4.81. The number of nitrogens with one attached hydrogen (secondary N) is 3.